The molecule has 0 fully saturated rings. The van der Waals surface area contributed by atoms with E-state index in [1.165, 1.54) is 18.9 Å². The van der Waals surface area contributed by atoms with Crippen LogP contribution in [0.25, 0.3) is 11.0 Å². The van der Waals surface area contributed by atoms with Crippen molar-refractivity contribution < 1.29 is 14.3 Å². The molecule has 2 aromatic carbocycles. The van der Waals surface area contributed by atoms with E-state index in [-0.39, 0.29) is 5.91 Å². The Morgan fingerprint density at radius 1 is 1.16 bits per heavy atom. The van der Waals surface area contributed by atoms with Crippen LogP contribution in [0.2, 0.25) is 0 Å². The van der Waals surface area contributed by atoms with Gasteiger partial charge in [-0.1, -0.05) is 36.0 Å². The lowest BCUT2D eigenvalue weighted by atomic mass is 10.2. The Bertz CT molecular complexity index is 890. The number of nitrogens with one attached hydrogen (secondary N) is 2. The smallest absolute Gasteiger partial charge is 0.339 e. The van der Waals surface area contributed by atoms with Gasteiger partial charge in [-0.05, 0) is 31.2 Å². The van der Waals surface area contributed by atoms with Crippen molar-refractivity contribution in [3.63, 3.8) is 0 Å². The van der Waals surface area contributed by atoms with E-state index < -0.39 is 11.2 Å². The number of amides is 1. The number of carbonyl (C=O) groups is 2. The molecule has 0 saturated heterocycles. The van der Waals surface area contributed by atoms with Crippen molar-refractivity contribution in [1.82, 2.24) is 9.97 Å². The zero-order valence-corrected chi connectivity index (χ0v) is 14.6. The maximum atomic E-state index is 12.5. The van der Waals surface area contributed by atoms with Gasteiger partial charge in [-0.15, -0.1) is 0 Å². The van der Waals surface area contributed by atoms with Crippen LogP contribution in [0.15, 0.2) is 53.7 Å². The minimum absolute atomic E-state index is 0.221. The molecule has 0 aliphatic heterocycles. The first kappa shape index (κ1) is 17.0. The fourth-order valence-electron chi connectivity index (χ4n) is 2.32. The van der Waals surface area contributed by atoms with E-state index >= 15 is 0 Å². The Morgan fingerprint density at radius 2 is 1.88 bits per heavy atom. The molecule has 25 heavy (non-hydrogen) atoms. The Balaban J connectivity index is 1.72. The first-order valence-electron chi connectivity index (χ1n) is 7.68. The Labute approximate surface area is 149 Å². The zero-order chi connectivity index (χ0) is 17.8. The molecule has 2 N–H and O–H groups in total. The predicted octanol–water partition coefficient (Wildman–Crippen LogP) is 3.47. The molecule has 1 aromatic heterocycles. The number of hydrogen-bond acceptors (Lipinski definition) is 5. The van der Waals surface area contributed by atoms with Crippen molar-refractivity contribution in [3.05, 3.63) is 54.1 Å². The van der Waals surface area contributed by atoms with Gasteiger partial charge in [0.15, 0.2) is 5.16 Å². The number of para-hydroxylation sites is 3. The Morgan fingerprint density at radius 3 is 2.64 bits per heavy atom. The summed E-state index contributed by atoms with van der Waals surface area (Å²) in [4.78, 5) is 31.9. The lowest BCUT2D eigenvalue weighted by molar-refractivity contribution is -0.115. The zero-order valence-electron chi connectivity index (χ0n) is 13.8. The van der Waals surface area contributed by atoms with Crippen molar-refractivity contribution in [2.24, 2.45) is 0 Å². The number of ether oxygens (including phenoxy) is 1. The normalized spacial score (nSPS) is 11.9. The van der Waals surface area contributed by atoms with Gasteiger partial charge in [0.1, 0.15) is 0 Å². The number of aromatic amines is 1. The number of esters is 1. The largest absolute Gasteiger partial charge is 0.465 e. The molecule has 1 heterocycles. The molecule has 0 bridgehead atoms. The van der Waals surface area contributed by atoms with Crippen LogP contribution in [-0.2, 0) is 9.53 Å². The van der Waals surface area contributed by atoms with E-state index in [1.807, 2.05) is 24.3 Å². The van der Waals surface area contributed by atoms with E-state index in [1.54, 1.807) is 31.2 Å². The summed E-state index contributed by atoms with van der Waals surface area (Å²) in [6.45, 7) is 1.79. The van der Waals surface area contributed by atoms with Crippen LogP contribution in [0.4, 0.5) is 5.69 Å². The fraction of sp³-hybridized carbons (Fsp3) is 0.167. The molecule has 1 unspecified atom stereocenters. The SMILES string of the molecule is COC(=O)c1ccccc1NC(=O)C(C)Sc1nc2ccccc2[nH]1. The number of hydrogen-bond donors (Lipinski definition) is 2. The second kappa shape index (κ2) is 7.40. The summed E-state index contributed by atoms with van der Waals surface area (Å²) in [5, 5.41) is 3.05. The summed E-state index contributed by atoms with van der Waals surface area (Å²) >= 11 is 1.32. The number of carbonyl (C=O) groups excluding carboxylic acids is 2. The number of anilines is 1. The van der Waals surface area contributed by atoms with Gasteiger partial charge in [-0.2, -0.15) is 0 Å². The van der Waals surface area contributed by atoms with E-state index in [2.05, 4.69) is 15.3 Å². The number of benzene rings is 2. The number of rotatable bonds is 5. The van der Waals surface area contributed by atoms with Gasteiger partial charge in [0.2, 0.25) is 5.91 Å². The van der Waals surface area contributed by atoms with Crippen molar-refractivity contribution >= 4 is 40.4 Å². The van der Waals surface area contributed by atoms with E-state index in [0.29, 0.717) is 16.4 Å². The summed E-state index contributed by atoms with van der Waals surface area (Å²) in [5.41, 5.74) is 2.53. The van der Waals surface area contributed by atoms with Crippen molar-refractivity contribution in [3.8, 4) is 0 Å². The molecule has 0 aliphatic carbocycles. The molecule has 6 nitrogen and oxygen atoms in total. The van der Waals surface area contributed by atoms with Crippen LogP contribution < -0.4 is 5.32 Å². The number of thioether (sulfide) groups is 1. The minimum atomic E-state index is -0.492. The second-order valence-electron chi connectivity index (χ2n) is 5.35. The predicted molar refractivity (Wildman–Crippen MR) is 97.8 cm³/mol. The monoisotopic (exact) mass is 355 g/mol. The van der Waals surface area contributed by atoms with E-state index in [9.17, 15) is 9.59 Å². The average Bonchev–Trinajstić information content (AvgIpc) is 3.03. The highest BCUT2D eigenvalue weighted by Gasteiger charge is 2.19. The average molecular weight is 355 g/mol. The van der Waals surface area contributed by atoms with Crippen molar-refractivity contribution in [2.45, 2.75) is 17.3 Å². The molecule has 7 heteroatoms. The molecular formula is C18H17N3O3S. The number of methoxy groups -OCH3 is 1. The highest BCUT2D eigenvalue weighted by molar-refractivity contribution is 8.00. The van der Waals surface area contributed by atoms with Gasteiger partial charge in [0, 0.05) is 0 Å². The van der Waals surface area contributed by atoms with E-state index in [0.717, 1.165) is 11.0 Å². The Hall–Kier alpha value is -2.80. The van der Waals surface area contributed by atoms with Crippen LogP contribution in [0.1, 0.15) is 17.3 Å². The van der Waals surface area contributed by atoms with Crippen molar-refractivity contribution in [2.75, 3.05) is 12.4 Å². The Kier molecular flexibility index (Phi) is 5.04. The van der Waals surface area contributed by atoms with Crippen LogP contribution in [0.5, 0.6) is 0 Å². The first-order valence-corrected chi connectivity index (χ1v) is 8.56. The molecular weight excluding hydrogens is 338 g/mol. The molecule has 128 valence electrons. The molecule has 1 atom stereocenters. The maximum absolute atomic E-state index is 12.5. The topological polar surface area (TPSA) is 84.1 Å². The van der Waals surface area contributed by atoms with Gasteiger partial charge in [-0.3, -0.25) is 4.79 Å². The third kappa shape index (κ3) is 3.83. The maximum Gasteiger partial charge on any atom is 0.339 e. The van der Waals surface area contributed by atoms with Crippen LogP contribution in [0.3, 0.4) is 0 Å². The molecule has 0 radical (unpaired) electrons. The highest BCUT2D eigenvalue weighted by Crippen LogP contribution is 2.25. The van der Waals surface area contributed by atoms with Gasteiger partial charge < -0.3 is 15.0 Å². The number of fused-ring (bicyclic) bond motifs is 1. The summed E-state index contributed by atoms with van der Waals surface area (Å²) in [6.07, 6.45) is 0. The first-order chi connectivity index (χ1) is 12.1. The quantitative estimate of drug-likeness (QED) is 0.541. The number of imidazole rings is 1. The van der Waals surface area contributed by atoms with Crippen LogP contribution >= 0.6 is 11.8 Å². The summed E-state index contributed by atoms with van der Waals surface area (Å²) in [5.74, 6) is -0.713. The number of aromatic nitrogens is 2. The minimum Gasteiger partial charge on any atom is -0.465 e. The van der Waals surface area contributed by atoms with Crippen LogP contribution in [-0.4, -0.2) is 34.2 Å². The summed E-state index contributed by atoms with van der Waals surface area (Å²) in [7, 11) is 1.31. The molecule has 0 spiro atoms. The third-order valence-corrected chi connectivity index (χ3v) is 4.60. The second-order valence-corrected chi connectivity index (χ2v) is 6.68. The van der Waals surface area contributed by atoms with Crippen LogP contribution in [0, 0.1) is 0 Å². The molecule has 0 saturated carbocycles. The molecule has 0 aliphatic rings. The van der Waals surface area contributed by atoms with Gasteiger partial charge >= 0.3 is 5.97 Å². The van der Waals surface area contributed by atoms with Gasteiger partial charge in [0.05, 0.1) is 34.6 Å². The van der Waals surface area contributed by atoms with Gasteiger partial charge in [-0.25, -0.2) is 9.78 Å². The summed E-state index contributed by atoms with van der Waals surface area (Å²) in [6, 6.07) is 14.4. The van der Waals surface area contributed by atoms with Crippen molar-refractivity contribution in [1.29, 1.82) is 0 Å². The van der Waals surface area contributed by atoms with E-state index in [4.69, 9.17) is 4.74 Å². The summed E-state index contributed by atoms with van der Waals surface area (Å²) < 4.78 is 4.74. The molecule has 1 amide bonds. The molecule has 3 rings (SSSR count). The fourth-order valence-corrected chi connectivity index (χ4v) is 3.14. The standard InChI is InChI=1S/C18H17N3O3S/c1-11(25-18-20-14-9-5-6-10-15(14)21-18)16(22)19-13-8-4-3-7-12(13)17(23)24-2/h3-11H,1-2H3,(H,19,22)(H,20,21). The lowest BCUT2D eigenvalue weighted by Gasteiger charge is -2.13. The van der Waals surface area contributed by atoms with Gasteiger partial charge in [0.25, 0.3) is 0 Å². The number of nitrogens with zero attached hydrogens (tertiary/aromatic N) is 1. The number of H-pyrrole nitrogens is 1. The lowest BCUT2D eigenvalue weighted by Crippen LogP contribution is -2.23. The third-order valence-electron chi connectivity index (χ3n) is 3.62. The highest BCUT2D eigenvalue weighted by atomic mass is 32.2. The molecule has 3 aromatic rings.